The predicted octanol–water partition coefficient (Wildman–Crippen LogP) is 1.62. The summed E-state index contributed by atoms with van der Waals surface area (Å²) < 4.78 is 5.27. The molecule has 18 heavy (non-hydrogen) atoms. The number of carbonyl (C=O) groups excluding carboxylic acids is 1. The van der Waals surface area contributed by atoms with Crippen molar-refractivity contribution in [2.75, 3.05) is 13.7 Å². The fourth-order valence-corrected chi connectivity index (χ4v) is 1.84. The normalized spacial score (nSPS) is 13.9. The summed E-state index contributed by atoms with van der Waals surface area (Å²) in [5.41, 5.74) is 6.31. The van der Waals surface area contributed by atoms with E-state index in [-0.39, 0.29) is 11.9 Å². The molecule has 100 valence electrons. The summed E-state index contributed by atoms with van der Waals surface area (Å²) in [5.74, 6) is -0.103. The third-order valence-electron chi connectivity index (χ3n) is 2.81. The molecule has 4 heteroatoms. The zero-order valence-corrected chi connectivity index (χ0v) is 11.1. The lowest BCUT2D eigenvalue weighted by Gasteiger charge is -2.19. The van der Waals surface area contributed by atoms with Crippen LogP contribution in [0.2, 0.25) is 0 Å². The minimum atomic E-state index is -0.550. The standard InChI is InChI=1S/C14H22N2O2/c1-11(7-6-10-15)16-14(17)13(18-2)12-8-4-3-5-9-12/h3-5,8-9,11,13H,6-7,10,15H2,1-2H3,(H,16,17). The van der Waals surface area contributed by atoms with Gasteiger partial charge in [0, 0.05) is 13.2 Å². The van der Waals surface area contributed by atoms with Crippen LogP contribution in [0.15, 0.2) is 30.3 Å². The molecule has 0 bridgehead atoms. The molecule has 0 saturated carbocycles. The van der Waals surface area contributed by atoms with Crippen LogP contribution in [-0.4, -0.2) is 25.6 Å². The molecule has 0 aliphatic carbocycles. The van der Waals surface area contributed by atoms with Crippen LogP contribution in [0.3, 0.4) is 0 Å². The largest absolute Gasteiger partial charge is 0.367 e. The molecular weight excluding hydrogens is 228 g/mol. The van der Waals surface area contributed by atoms with Crippen molar-refractivity contribution in [1.82, 2.24) is 5.32 Å². The second kappa shape index (κ2) is 7.84. The second-order valence-electron chi connectivity index (χ2n) is 4.37. The molecule has 1 rings (SSSR count). The molecular formula is C14H22N2O2. The van der Waals surface area contributed by atoms with Crippen LogP contribution < -0.4 is 11.1 Å². The summed E-state index contributed by atoms with van der Waals surface area (Å²) in [6, 6.07) is 9.59. The van der Waals surface area contributed by atoms with Crippen molar-refractivity contribution in [2.45, 2.75) is 31.9 Å². The minimum Gasteiger partial charge on any atom is -0.367 e. The SMILES string of the molecule is COC(C(=O)NC(C)CCCN)c1ccccc1. The molecule has 0 aromatic heterocycles. The van der Waals surface area contributed by atoms with E-state index in [1.54, 1.807) is 7.11 Å². The van der Waals surface area contributed by atoms with Crippen molar-refractivity contribution >= 4 is 5.91 Å². The average Bonchev–Trinajstić information content (AvgIpc) is 2.38. The van der Waals surface area contributed by atoms with Gasteiger partial charge in [-0.25, -0.2) is 0 Å². The molecule has 1 amide bonds. The van der Waals surface area contributed by atoms with Crippen molar-refractivity contribution in [2.24, 2.45) is 5.73 Å². The Morgan fingerprint density at radius 2 is 2.06 bits per heavy atom. The van der Waals surface area contributed by atoms with E-state index in [2.05, 4.69) is 5.32 Å². The average molecular weight is 250 g/mol. The van der Waals surface area contributed by atoms with Crippen molar-refractivity contribution in [3.8, 4) is 0 Å². The second-order valence-corrected chi connectivity index (χ2v) is 4.37. The van der Waals surface area contributed by atoms with Crippen LogP contribution in [0.1, 0.15) is 31.4 Å². The lowest BCUT2D eigenvalue weighted by atomic mass is 10.1. The van der Waals surface area contributed by atoms with Gasteiger partial charge in [0.2, 0.25) is 0 Å². The van der Waals surface area contributed by atoms with E-state index in [4.69, 9.17) is 10.5 Å². The smallest absolute Gasteiger partial charge is 0.253 e. The molecule has 0 radical (unpaired) electrons. The first-order valence-corrected chi connectivity index (χ1v) is 6.27. The number of methoxy groups -OCH3 is 1. The van der Waals surface area contributed by atoms with E-state index < -0.39 is 6.10 Å². The van der Waals surface area contributed by atoms with E-state index in [9.17, 15) is 4.79 Å². The number of rotatable bonds is 7. The van der Waals surface area contributed by atoms with Crippen LogP contribution in [0.4, 0.5) is 0 Å². The minimum absolute atomic E-state index is 0.103. The van der Waals surface area contributed by atoms with Crippen LogP contribution >= 0.6 is 0 Å². The number of ether oxygens (including phenoxy) is 1. The Morgan fingerprint density at radius 1 is 1.39 bits per heavy atom. The van der Waals surface area contributed by atoms with Crippen LogP contribution in [-0.2, 0) is 9.53 Å². The first kappa shape index (κ1) is 14.7. The van der Waals surface area contributed by atoms with Gasteiger partial charge in [-0.05, 0) is 31.9 Å². The Morgan fingerprint density at radius 3 is 2.61 bits per heavy atom. The van der Waals surface area contributed by atoms with Gasteiger partial charge in [-0.15, -0.1) is 0 Å². The summed E-state index contributed by atoms with van der Waals surface area (Å²) in [5, 5.41) is 2.94. The van der Waals surface area contributed by atoms with Crippen molar-refractivity contribution < 1.29 is 9.53 Å². The van der Waals surface area contributed by atoms with Gasteiger partial charge >= 0.3 is 0 Å². The Bertz CT molecular complexity index is 354. The third kappa shape index (κ3) is 4.47. The maximum atomic E-state index is 12.1. The van der Waals surface area contributed by atoms with Crippen LogP contribution in [0.5, 0.6) is 0 Å². The maximum absolute atomic E-state index is 12.1. The van der Waals surface area contributed by atoms with Gasteiger partial charge in [-0.1, -0.05) is 30.3 Å². The van der Waals surface area contributed by atoms with Crippen molar-refractivity contribution in [3.63, 3.8) is 0 Å². The number of nitrogens with one attached hydrogen (secondary N) is 1. The van der Waals surface area contributed by atoms with E-state index in [0.29, 0.717) is 6.54 Å². The summed E-state index contributed by atoms with van der Waals surface area (Å²) in [6.45, 7) is 2.62. The summed E-state index contributed by atoms with van der Waals surface area (Å²) >= 11 is 0. The predicted molar refractivity (Wildman–Crippen MR) is 72.1 cm³/mol. The van der Waals surface area contributed by atoms with Crippen molar-refractivity contribution in [1.29, 1.82) is 0 Å². The molecule has 0 fully saturated rings. The third-order valence-corrected chi connectivity index (χ3v) is 2.81. The van der Waals surface area contributed by atoms with Crippen LogP contribution in [0, 0.1) is 0 Å². The number of carbonyl (C=O) groups is 1. The number of benzene rings is 1. The highest BCUT2D eigenvalue weighted by molar-refractivity contribution is 5.82. The molecule has 4 nitrogen and oxygen atoms in total. The molecule has 3 N–H and O–H groups in total. The van der Waals surface area contributed by atoms with Gasteiger partial charge < -0.3 is 15.8 Å². The number of hydrogen-bond acceptors (Lipinski definition) is 3. The lowest BCUT2D eigenvalue weighted by Crippen LogP contribution is -2.37. The number of amides is 1. The molecule has 0 aliphatic heterocycles. The molecule has 1 aromatic carbocycles. The Labute approximate surface area is 109 Å². The van der Waals surface area contributed by atoms with E-state index in [0.717, 1.165) is 18.4 Å². The van der Waals surface area contributed by atoms with Gasteiger partial charge in [0.1, 0.15) is 0 Å². The first-order chi connectivity index (χ1) is 8.69. The topological polar surface area (TPSA) is 64.3 Å². The molecule has 1 aromatic rings. The van der Waals surface area contributed by atoms with Gasteiger partial charge in [0.05, 0.1) is 0 Å². The summed E-state index contributed by atoms with van der Waals surface area (Å²) in [7, 11) is 1.54. The first-order valence-electron chi connectivity index (χ1n) is 6.27. The van der Waals surface area contributed by atoms with Crippen molar-refractivity contribution in [3.05, 3.63) is 35.9 Å². The van der Waals surface area contributed by atoms with Gasteiger partial charge in [0.15, 0.2) is 6.10 Å². The molecule has 0 saturated heterocycles. The Balaban J connectivity index is 2.58. The maximum Gasteiger partial charge on any atom is 0.253 e. The van der Waals surface area contributed by atoms with Crippen LogP contribution in [0.25, 0.3) is 0 Å². The lowest BCUT2D eigenvalue weighted by molar-refractivity contribution is -0.132. The Kier molecular flexibility index (Phi) is 6.39. The zero-order valence-electron chi connectivity index (χ0n) is 11.1. The molecule has 0 spiro atoms. The van der Waals surface area contributed by atoms with Gasteiger partial charge in [-0.2, -0.15) is 0 Å². The summed E-state index contributed by atoms with van der Waals surface area (Å²) in [6.07, 6.45) is 1.24. The fraction of sp³-hybridized carbons (Fsp3) is 0.500. The highest BCUT2D eigenvalue weighted by Gasteiger charge is 2.20. The highest BCUT2D eigenvalue weighted by atomic mass is 16.5. The fourth-order valence-electron chi connectivity index (χ4n) is 1.84. The zero-order chi connectivity index (χ0) is 13.4. The van der Waals surface area contributed by atoms with E-state index in [1.165, 1.54) is 0 Å². The highest BCUT2D eigenvalue weighted by Crippen LogP contribution is 2.16. The molecule has 2 atom stereocenters. The summed E-state index contributed by atoms with van der Waals surface area (Å²) in [4.78, 5) is 12.1. The Hall–Kier alpha value is -1.39. The molecule has 0 heterocycles. The van der Waals surface area contributed by atoms with E-state index >= 15 is 0 Å². The quantitative estimate of drug-likeness (QED) is 0.773. The number of nitrogens with two attached hydrogens (primary N) is 1. The van der Waals surface area contributed by atoms with Gasteiger partial charge in [-0.3, -0.25) is 4.79 Å². The van der Waals surface area contributed by atoms with Gasteiger partial charge in [0.25, 0.3) is 5.91 Å². The number of hydrogen-bond donors (Lipinski definition) is 2. The molecule has 2 unspecified atom stereocenters. The van der Waals surface area contributed by atoms with E-state index in [1.807, 2.05) is 37.3 Å². The molecule has 0 aliphatic rings. The monoisotopic (exact) mass is 250 g/mol.